The van der Waals surface area contributed by atoms with E-state index < -0.39 is 32.5 Å². The number of unbranched alkanes of at least 4 members (excludes halogenated alkanes) is 29. The zero-order valence-electron chi connectivity index (χ0n) is 32.1. The first-order valence-electron chi connectivity index (χ1n) is 20.8. The molecule has 0 aromatic heterocycles. The smallest absolute Gasteiger partial charge is 0.462 e. The first-order chi connectivity index (χ1) is 23.8. The Morgan fingerprint density at radius 1 is 0.449 bits per heavy atom. The second-order valence-electron chi connectivity index (χ2n) is 14.3. The molecule has 0 aliphatic heterocycles. The van der Waals surface area contributed by atoms with Gasteiger partial charge in [0.15, 0.2) is 6.10 Å². The maximum Gasteiger partial charge on any atom is 0.469 e. The lowest BCUT2D eigenvalue weighted by molar-refractivity contribution is -0.161. The molecule has 0 amide bonds. The summed E-state index contributed by atoms with van der Waals surface area (Å²) in [7, 11) is -4.74. The van der Waals surface area contributed by atoms with Crippen molar-refractivity contribution in [2.24, 2.45) is 0 Å². The molecule has 8 nitrogen and oxygen atoms in total. The Morgan fingerprint density at radius 2 is 0.735 bits per heavy atom. The van der Waals surface area contributed by atoms with Gasteiger partial charge in [-0.1, -0.05) is 200 Å². The van der Waals surface area contributed by atoms with E-state index in [9.17, 15) is 14.2 Å². The highest BCUT2D eigenvalue weighted by Gasteiger charge is 2.22. The van der Waals surface area contributed by atoms with Gasteiger partial charge in [0.1, 0.15) is 6.61 Å². The van der Waals surface area contributed by atoms with Gasteiger partial charge in [0.25, 0.3) is 0 Å². The highest BCUT2D eigenvalue weighted by atomic mass is 31.2. The van der Waals surface area contributed by atoms with E-state index in [1.807, 2.05) is 0 Å². The Morgan fingerprint density at radius 3 is 1.04 bits per heavy atom. The summed E-state index contributed by atoms with van der Waals surface area (Å²) in [6.07, 6.45) is 38.5. The fourth-order valence-corrected chi connectivity index (χ4v) is 6.62. The Bertz CT molecular complexity index is 771. The largest absolute Gasteiger partial charge is 0.469 e. The van der Waals surface area contributed by atoms with Crippen LogP contribution in [0.4, 0.5) is 0 Å². The summed E-state index contributed by atoms with van der Waals surface area (Å²) in [5, 5.41) is 0. The molecule has 0 heterocycles. The molecule has 0 aromatic carbocycles. The first kappa shape index (κ1) is 48.0. The van der Waals surface area contributed by atoms with Gasteiger partial charge in [0.2, 0.25) is 0 Å². The second kappa shape index (κ2) is 36.8. The van der Waals surface area contributed by atoms with E-state index in [0.717, 1.165) is 38.5 Å². The summed E-state index contributed by atoms with van der Waals surface area (Å²) < 4.78 is 26.3. The van der Waals surface area contributed by atoms with Crippen molar-refractivity contribution in [1.29, 1.82) is 0 Å². The lowest BCUT2D eigenvalue weighted by atomic mass is 10.0. The molecule has 9 heteroatoms. The average molecular weight is 719 g/mol. The molecule has 49 heavy (non-hydrogen) atoms. The third-order valence-electron chi connectivity index (χ3n) is 9.38. The predicted molar refractivity (Wildman–Crippen MR) is 203 cm³/mol. The van der Waals surface area contributed by atoms with Gasteiger partial charge in [-0.2, -0.15) is 0 Å². The minimum absolute atomic E-state index is 0.218. The maximum absolute atomic E-state index is 12.3. The third-order valence-corrected chi connectivity index (χ3v) is 9.86. The maximum atomic E-state index is 12.3. The molecule has 0 saturated carbocycles. The minimum atomic E-state index is -4.74. The molecule has 0 aromatic rings. The number of esters is 2. The van der Waals surface area contributed by atoms with Gasteiger partial charge < -0.3 is 19.3 Å². The van der Waals surface area contributed by atoms with Gasteiger partial charge >= 0.3 is 19.8 Å². The van der Waals surface area contributed by atoms with Gasteiger partial charge in [0, 0.05) is 12.8 Å². The van der Waals surface area contributed by atoms with Crippen LogP contribution in [0.3, 0.4) is 0 Å². The van der Waals surface area contributed by atoms with Crippen LogP contribution in [0.2, 0.25) is 0 Å². The summed E-state index contributed by atoms with van der Waals surface area (Å²) in [4.78, 5) is 42.6. The Hall–Kier alpha value is -0.950. The van der Waals surface area contributed by atoms with Crippen LogP contribution in [0, 0.1) is 0 Å². The van der Waals surface area contributed by atoms with Crippen LogP contribution in [-0.2, 0) is 28.2 Å². The molecular weight excluding hydrogens is 639 g/mol. The van der Waals surface area contributed by atoms with Gasteiger partial charge in [-0.05, 0) is 12.8 Å². The second-order valence-corrected chi connectivity index (χ2v) is 15.6. The Kier molecular flexibility index (Phi) is 36.1. The van der Waals surface area contributed by atoms with Gasteiger partial charge in [-0.3, -0.25) is 14.1 Å². The van der Waals surface area contributed by atoms with E-state index >= 15 is 0 Å². The molecule has 0 fully saturated rings. The molecular formula is C40H79O8P. The summed E-state index contributed by atoms with van der Waals surface area (Å²) in [5.41, 5.74) is 0. The normalized spacial score (nSPS) is 12.3. The number of carbonyl (C=O) groups is 2. The number of rotatable bonds is 39. The summed E-state index contributed by atoms with van der Waals surface area (Å²) in [6, 6.07) is 0. The topological polar surface area (TPSA) is 119 Å². The standard InChI is InChI=1S/C40H79O8P/c1-3-5-7-9-11-13-14-15-16-17-18-19-20-21-22-23-24-25-27-28-30-32-34-39(41)46-36-38(37-47-49(43,44)45)48-40(42)35-33-31-29-26-12-10-8-6-4-2/h38H,3-37H2,1-2H3,(H2,43,44,45)/t38-/m1/s1. The third kappa shape index (κ3) is 39.7. The molecule has 0 aliphatic carbocycles. The minimum Gasteiger partial charge on any atom is -0.462 e. The van der Waals surface area contributed by atoms with Gasteiger partial charge in [-0.15, -0.1) is 0 Å². The molecule has 0 radical (unpaired) electrons. The molecule has 292 valence electrons. The van der Waals surface area contributed by atoms with Crippen molar-refractivity contribution < 1.29 is 37.9 Å². The fraction of sp³-hybridized carbons (Fsp3) is 0.950. The van der Waals surface area contributed by atoms with E-state index in [1.165, 1.54) is 154 Å². The summed E-state index contributed by atoms with van der Waals surface area (Å²) >= 11 is 0. The van der Waals surface area contributed by atoms with E-state index in [4.69, 9.17) is 19.3 Å². The fourth-order valence-electron chi connectivity index (χ4n) is 6.26. The van der Waals surface area contributed by atoms with Crippen molar-refractivity contribution in [3.63, 3.8) is 0 Å². The summed E-state index contributed by atoms with van der Waals surface area (Å²) in [6.45, 7) is 3.68. The monoisotopic (exact) mass is 719 g/mol. The molecule has 0 rings (SSSR count). The van der Waals surface area contributed by atoms with Crippen molar-refractivity contribution >= 4 is 19.8 Å². The van der Waals surface area contributed by atoms with Crippen LogP contribution < -0.4 is 0 Å². The number of hydrogen-bond acceptors (Lipinski definition) is 6. The molecule has 0 bridgehead atoms. The van der Waals surface area contributed by atoms with E-state index in [1.54, 1.807) is 0 Å². The zero-order chi connectivity index (χ0) is 36.1. The lowest BCUT2D eigenvalue weighted by Gasteiger charge is -2.18. The highest BCUT2D eigenvalue weighted by Crippen LogP contribution is 2.36. The van der Waals surface area contributed by atoms with Crippen LogP contribution >= 0.6 is 7.82 Å². The van der Waals surface area contributed by atoms with Gasteiger partial charge in [-0.25, -0.2) is 4.57 Å². The van der Waals surface area contributed by atoms with Crippen molar-refractivity contribution in [2.45, 2.75) is 232 Å². The molecule has 0 unspecified atom stereocenters. The van der Waals surface area contributed by atoms with Crippen molar-refractivity contribution in [2.75, 3.05) is 13.2 Å². The zero-order valence-corrected chi connectivity index (χ0v) is 33.0. The van der Waals surface area contributed by atoms with Crippen LogP contribution in [-0.4, -0.2) is 41.0 Å². The van der Waals surface area contributed by atoms with Crippen LogP contribution in [0.15, 0.2) is 0 Å². The predicted octanol–water partition coefficient (Wildman–Crippen LogP) is 12.5. The van der Waals surface area contributed by atoms with Crippen LogP contribution in [0.25, 0.3) is 0 Å². The van der Waals surface area contributed by atoms with Crippen molar-refractivity contribution in [3.8, 4) is 0 Å². The number of phosphoric ester groups is 1. The van der Waals surface area contributed by atoms with Crippen molar-refractivity contribution in [1.82, 2.24) is 0 Å². The number of ether oxygens (including phenoxy) is 2. The number of carbonyl (C=O) groups excluding carboxylic acids is 2. The van der Waals surface area contributed by atoms with E-state index in [-0.39, 0.29) is 19.4 Å². The van der Waals surface area contributed by atoms with Crippen LogP contribution in [0.1, 0.15) is 226 Å². The first-order valence-corrected chi connectivity index (χ1v) is 22.4. The molecule has 2 N–H and O–H groups in total. The lowest BCUT2D eigenvalue weighted by Crippen LogP contribution is -2.29. The molecule has 0 aliphatic rings. The van der Waals surface area contributed by atoms with Crippen molar-refractivity contribution in [3.05, 3.63) is 0 Å². The number of phosphoric acid groups is 1. The molecule has 1 atom stereocenters. The molecule has 0 spiro atoms. The van der Waals surface area contributed by atoms with E-state index in [0.29, 0.717) is 6.42 Å². The highest BCUT2D eigenvalue weighted by molar-refractivity contribution is 7.46. The van der Waals surface area contributed by atoms with Crippen LogP contribution in [0.5, 0.6) is 0 Å². The Labute approximate surface area is 302 Å². The SMILES string of the molecule is CCCCCCCCCCCCCCCCCCCCCCCCC(=O)OC[C@H](COP(=O)(O)O)OC(=O)CCCCCCCCCCC. The van der Waals surface area contributed by atoms with Gasteiger partial charge in [0.05, 0.1) is 6.61 Å². The average Bonchev–Trinajstić information content (AvgIpc) is 3.07. The quantitative estimate of drug-likeness (QED) is 0.0366. The van der Waals surface area contributed by atoms with E-state index in [2.05, 4.69) is 18.4 Å². The Balaban J connectivity index is 3.74. The summed E-state index contributed by atoms with van der Waals surface area (Å²) in [5.74, 6) is -0.873. The number of hydrogen-bond donors (Lipinski definition) is 2. The molecule has 0 saturated heterocycles.